The lowest BCUT2D eigenvalue weighted by molar-refractivity contribution is -0.116. The zero-order valence-corrected chi connectivity index (χ0v) is 8.73. The Morgan fingerprint density at radius 3 is 2.80 bits per heavy atom. The van der Waals surface area contributed by atoms with Crippen molar-refractivity contribution in [2.45, 2.75) is 0 Å². The minimum Gasteiger partial charge on any atom is -0.481 e. The van der Waals surface area contributed by atoms with E-state index in [9.17, 15) is 4.79 Å². The lowest BCUT2D eigenvalue weighted by Crippen LogP contribution is -2.31. The smallest absolute Gasteiger partial charge is 0.236 e. The van der Waals surface area contributed by atoms with Gasteiger partial charge in [0.05, 0.1) is 19.3 Å². The average Bonchev–Trinajstić information content (AvgIpc) is 2.17. The van der Waals surface area contributed by atoms with Crippen molar-refractivity contribution in [3.63, 3.8) is 0 Å². The van der Waals surface area contributed by atoms with Crippen molar-refractivity contribution in [3.8, 4) is 5.88 Å². The first kappa shape index (κ1) is 11.1. The van der Waals surface area contributed by atoms with E-state index in [0.29, 0.717) is 17.4 Å². The second-order valence-electron chi connectivity index (χ2n) is 3.09. The highest BCUT2D eigenvalue weighted by Gasteiger charge is 2.10. The number of nitrogens with zero attached hydrogens (tertiary/aromatic N) is 2. The molecule has 0 bridgehead atoms. The Hall–Kier alpha value is -1.98. The van der Waals surface area contributed by atoms with E-state index in [-0.39, 0.29) is 6.54 Å². The predicted octanol–water partition coefficient (Wildman–Crippen LogP) is -0.406. The van der Waals surface area contributed by atoms with Crippen molar-refractivity contribution < 1.29 is 9.53 Å². The Bertz CT molecular complexity index is 367. The number of pyridine rings is 1. The van der Waals surface area contributed by atoms with Crippen molar-refractivity contribution in [1.82, 2.24) is 4.98 Å². The summed E-state index contributed by atoms with van der Waals surface area (Å²) in [4.78, 5) is 16.4. The largest absolute Gasteiger partial charge is 0.481 e. The summed E-state index contributed by atoms with van der Waals surface area (Å²) in [5, 5.41) is 0. The molecule has 0 aromatic carbocycles. The molecule has 0 fully saturated rings. The summed E-state index contributed by atoms with van der Waals surface area (Å²) in [5.41, 5.74) is 11.3. The number of nitrogens with two attached hydrogens (primary N) is 2. The molecule has 0 radical (unpaired) electrons. The van der Waals surface area contributed by atoms with E-state index < -0.39 is 5.91 Å². The van der Waals surface area contributed by atoms with Gasteiger partial charge in [-0.15, -0.1) is 0 Å². The van der Waals surface area contributed by atoms with E-state index in [1.54, 1.807) is 24.1 Å². The topological polar surface area (TPSA) is 94.5 Å². The Balaban J connectivity index is 2.95. The second kappa shape index (κ2) is 4.50. The van der Waals surface area contributed by atoms with Gasteiger partial charge in [-0.05, 0) is 6.07 Å². The maximum Gasteiger partial charge on any atom is 0.236 e. The van der Waals surface area contributed by atoms with Crippen LogP contribution in [0.2, 0.25) is 0 Å². The fraction of sp³-hybridized carbons (Fsp3) is 0.333. The molecule has 1 heterocycles. The summed E-state index contributed by atoms with van der Waals surface area (Å²) in [7, 11) is 3.19. The van der Waals surface area contributed by atoms with Crippen molar-refractivity contribution in [2.24, 2.45) is 5.73 Å². The third-order valence-corrected chi connectivity index (χ3v) is 1.84. The van der Waals surface area contributed by atoms with Gasteiger partial charge in [0.1, 0.15) is 0 Å². The predicted molar refractivity (Wildman–Crippen MR) is 57.7 cm³/mol. The van der Waals surface area contributed by atoms with Crippen LogP contribution in [0.15, 0.2) is 12.1 Å². The number of carbonyl (C=O) groups excluding carboxylic acids is 1. The van der Waals surface area contributed by atoms with Crippen LogP contribution in [0.1, 0.15) is 0 Å². The molecule has 1 amide bonds. The number of hydrogen-bond acceptors (Lipinski definition) is 5. The SMILES string of the molecule is COc1ccc(N)c(N(C)CC(N)=O)n1. The number of carbonyl (C=O) groups is 1. The van der Waals surface area contributed by atoms with Gasteiger partial charge in [0.2, 0.25) is 11.8 Å². The van der Waals surface area contributed by atoms with Crippen LogP contribution in [0.3, 0.4) is 0 Å². The van der Waals surface area contributed by atoms with E-state index in [0.717, 1.165) is 0 Å². The molecule has 6 heteroatoms. The standard InChI is InChI=1S/C9H14N4O2/c1-13(5-7(11)14)9-6(10)3-4-8(12-9)15-2/h3-4H,5,10H2,1-2H3,(H2,11,14). The summed E-state index contributed by atoms with van der Waals surface area (Å²) >= 11 is 0. The van der Waals surface area contributed by atoms with Crippen molar-refractivity contribution in [3.05, 3.63) is 12.1 Å². The zero-order valence-electron chi connectivity index (χ0n) is 8.73. The fourth-order valence-electron chi connectivity index (χ4n) is 1.17. The maximum atomic E-state index is 10.7. The summed E-state index contributed by atoms with van der Waals surface area (Å²) in [5.74, 6) is 0.477. The van der Waals surface area contributed by atoms with Crippen LogP contribution < -0.4 is 21.1 Å². The number of hydrogen-bond donors (Lipinski definition) is 2. The highest BCUT2D eigenvalue weighted by atomic mass is 16.5. The molecule has 15 heavy (non-hydrogen) atoms. The number of amides is 1. The number of likely N-dealkylation sites (N-methyl/N-ethyl adjacent to an activating group) is 1. The lowest BCUT2D eigenvalue weighted by atomic mass is 10.3. The van der Waals surface area contributed by atoms with Crippen LogP contribution in [0, 0.1) is 0 Å². The number of methoxy groups -OCH3 is 1. The van der Waals surface area contributed by atoms with Gasteiger partial charge >= 0.3 is 0 Å². The number of nitrogen functional groups attached to an aromatic ring is 1. The van der Waals surface area contributed by atoms with E-state index in [2.05, 4.69) is 4.98 Å². The Kier molecular flexibility index (Phi) is 3.33. The molecule has 1 rings (SSSR count). The van der Waals surface area contributed by atoms with E-state index in [1.807, 2.05) is 0 Å². The summed E-state index contributed by atoms with van der Waals surface area (Å²) in [6.07, 6.45) is 0. The molecule has 82 valence electrons. The lowest BCUT2D eigenvalue weighted by Gasteiger charge is -2.18. The molecule has 6 nitrogen and oxygen atoms in total. The highest BCUT2D eigenvalue weighted by Crippen LogP contribution is 2.22. The van der Waals surface area contributed by atoms with Gasteiger partial charge in [0.25, 0.3) is 0 Å². The molecular formula is C9H14N4O2. The molecule has 0 aliphatic heterocycles. The van der Waals surface area contributed by atoms with Crippen molar-refractivity contribution in [2.75, 3.05) is 31.3 Å². The quantitative estimate of drug-likeness (QED) is 0.704. The molecule has 1 aromatic rings. The molecule has 1 aromatic heterocycles. The maximum absolute atomic E-state index is 10.7. The Morgan fingerprint density at radius 1 is 1.60 bits per heavy atom. The van der Waals surface area contributed by atoms with Crippen molar-refractivity contribution in [1.29, 1.82) is 0 Å². The Labute approximate surface area is 87.8 Å². The highest BCUT2D eigenvalue weighted by molar-refractivity contribution is 5.80. The van der Waals surface area contributed by atoms with E-state index in [1.165, 1.54) is 7.11 Å². The molecule has 4 N–H and O–H groups in total. The van der Waals surface area contributed by atoms with Crippen molar-refractivity contribution >= 4 is 17.4 Å². The third kappa shape index (κ3) is 2.73. The number of primary amides is 1. The first-order valence-electron chi connectivity index (χ1n) is 4.34. The molecule has 0 aliphatic rings. The van der Waals surface area contributed by atoms with Crippen LogP contribution >= 0.6 is 0 Å². The summed E-state index contributed by atoms with van der Waals surface area (Å²) < 4.78 is 4.96. The van der Waals surface area contributed by atoms with Crippen LogP contribution in [-0.2, 0) is 4.79 Å². The number of aromatic nitrogens is 1. The van der Waals surface area contributed by atoms with Gasteiger partial charge in [-0.25, -0.2) is 0 Å². The van der Waals surface area contributed by atoms with Crippen LogP contribution in [0.4, 0.5) is 11.5 Å². The number of rotatable bonds is 4. The zero-order chi connectivity index (χ0) is 11.4. The second-order valence-corrected chi connectivity index (χ2v) is 3.09. The normalized spacial score (nSPS) is 9.73. The van der Waals surface area contributed by atoms with Gasteiger partial charge in [0.15, 0.2) is 5.82 Å². The van der Waals surface area contributed by atoms with E-state index in [4.69, 9.17) is 16.2 Å². The minimum atomic E-state index is -0.443. The molecule has 0 atom stereocenters. The molecule has 0 spiro atoms. The van der Waals surface area contributed by atoms with Gasteiger partial charge in [-0.3, -0.25) is 4.79 Å². The van der Waals surface area contributed by atoms with Gasteiger partial charge < -0.3 is 21.1 Å². The van der Waals surface area contributed by atoms with Crippen LogP contribution in [-0.4, -0.2) is 31.6 Å². The monoisotopic (exact) mass is 210 g/mol. The van der Waals surface area contributed by atoms with E-state index >= 15 is 0 Å². The number of anilines is 2. The third-order valence-electron chi connectivity index (χ3n) is 1.84. The Morgan fingerprint density at radius 2 is 2.27 bits per heavy atom. The van der Waals surface area contributed by atoms with Gasteiger partial charge in [0, 0.05) is 13.1 Å². The molecule has 0 saturated carbocycles. The first-order valence-corrected chi connectivity index (χ1v) is 4.34. The van der Waals surface area contributed by atoms with Crippen LogP contribution in [0.25, 0.3) is 0 Å². The first-order chi connectivity index (χ1) is 7.04. The molecule has 0 aliphatic carbocycles. The molecule has 0 saturated heterocycles. The summed E-state index contributed by atoms with van der Waals surface area (Å²) in [6.45, 7) is 0.0599. The average molecular weight is 210 g/mol. The molecule has 0 unspecified atom stereocenters. The van der Waals surface area contributed by atoms with Gasteiger partial charge in [-0.2, -0.15) is 4.98 Å². The number of ether oxygens (including phenoxy) is 1. The van der Waals surface area contributed by atoms with Gasteiger partial charge in [-0.1, -0.05) is 0 Å². The molecular weight excluding hydrogens is 196 g/mol. The van der Waals surface area contributed by atoms with Crippen LogP contribution in [0.5, 0.6) is 5.88 Å². The minimum absolute atomic E-state index is 0.0599. The fourth-order valence-corrected chi connectivity index (χ4v) is 1.17. The summed E-state index contributed by atoms with van der Waals surface area (Å²) in [6, 6.07) is 3.32.